The second-order valence-electron chi connectivity index (χ2n) is 2.83. The number of morpholine rings is 2. The lowest BCUT2D eigenvalue weighted by Crippen LogP contribution is -2.55. The van der Waals surface area contributed by atoms with E-state index in [1.807, 2.05) is 4.90 Å². The molecule has 0 radical (unpaired) electrons. The SMILES string of the molecule is O=C1COCC2COCCN12. The van der Waals surface area contributed by atoms with Crippen molar-refractivity contribution < 1.29 is 14.3 Å². The van der Waals surface area contributed by atoms with Gasteiger partial charge in [0, 0.05) is 6.54 Å². The number of nitrogens with zero attached hydrogens (tertiary/aromatic N) is 1. The van der Waals surface area contributed by atoms with Crippen LogP contribution in [-0.4, -0.2) is 49.8 Å². The van der Waals surface area contributed by atoms with Gasteiger partial charge >= 0.3 is 0 Å². The quantitative estimate of drug-likeness (QED) is 0.464. The Hall–Kier alpha value is -0.610. The first-order valence-corrected chi connectivity index (χ1v) is 3.83. The molecule has 11 heavy (non-hydrogen) atoms. The number of rotatable bonds is 0. The van der Waals surface area contributed by atoms with Gasteiger partial charge in [0.2, 0.25) is 5.91 Å². The van der Waals surface area contributed by atoms with Crippen molar-refractivity contribution in [2.45, 2.75) is 6.04 Å². The first-order chi connectivity index (χ1) is 5.38. The zero-order valence-corrected chi connectivity index (χ0v) is 6.28. The van der Waals surface area contributed by atoms with Crippen LogP contribution in [0.2, 0.25) is 0 Å². The normalized spacial score (nSPS) is 31.8. The average molecular weight is 157 g/mol. The molecule has 4 nitrogen and oxygen atoms in total. The van der Waals surface area contributed by atoms with E-state index in [9.17, 15) is 4.79 Å². The predicted molar refractivity (Wildman–Crippen MR) is 37.1 cm³/mol. The first-order valence-electron chi connectivity index (χ1n) is 3.83. The summed E-state index contributed by atoms with van der Waals surface area (Å²) in [6, 6.07) is 0.171. The van der Waals surface area contributed by atoms with Crippen molar-refractivity contribution in [2.75, 3.05) is 33.0 Å². The van der Waals surface area contributed by atoms with E-state index >= 15 is 0 Å². The summed E-state index contributed by atoms with van der Waals surface area (Å²) >= 11 is 0. The lowest BCUT2D eigenvalue weighted by atomic mass is 10.2. The second-order valence-corrected chi connectivity index (χ2v) is 2.83. The highest BCUT2D eigenvalue weighted by Crippen LogP contribution is 2.11. The molecule has 0 aromatic heterocycles. The van der Waals surface area contributed by atoms with Crippen LogP contribution in [0, 0.1) is 0 Å². The molecule has 0 saturated carbocycles. The summed E-state index contributed by atoms with van der Waals surface area (Å²) in [5.41, 5.74) is 0. The van der Waals surface area contributed by atoms with Gasteiger partial charge in [0.25, 0.3) is 0 Å². The smallest absolute Gasteiger partial charge is 0.249 e. The molecule has 2 rings (SSSR count). The molecule has 62 valence electrons. The number of hydrogen-bond donors (Lipinski definition) is 0. The summed E-state index contributed by atoms with van der Waals surface area (Å²) in [5, 5.41) is 0. The highest BCUT2D eigenvalue weighted by Gasteiger charge is 2.30. The largest absolute Gasteiger partial charge is 0.377 e. The van der Waals surface area contributed by atoms with Crippen LogP contribution in [0.15, 0.2) is 0 Å². The molecule has 2 saturated heterocycles. The minimum Gasteiger partial charge on any atom is -0.377 e. The average Bonchev–Trinajstić information content (AvgIpc) is 2.06. The standard InChI is InChI=1S/C7H11NO3/c9-7-5-11-4-6-3-10-2-1-8(6)7/h6H,1-5H2. The van der Waals surface area contributed by atoms with Crippen LogP contribution in [0.5, 0.6) is 0 Å². The van der Waals surface area contributed by atoms with Gasteiger partial charge in [-0.2, -0.15) is 0 Å². The molecule has 2 fully saturated rings. The van der Waals surface area contributed by atoms with Crippen molar-refractivity contribution in [3.05, 3.63) is 0 Å². The Morgan fingerprint density at radius 1 is 1.36 bits per heavy atom. The fraction of sp³-hybridized carbons (Fsp3) is 0.857. The number of hydrogen-bond acceptors (Lipinski definition) is 3. The van der Waals surface area contributed by atoms with Gasteiger partial charge in [0.05, 0.1) is 25.9 Å². The predicted octanol–water partition coefficient (Wildman–Crippen LogP) is -0.756. The van der Waals surface area contributed by atoms with Gasteiger partial charge in [-0.15, -0.1) is 0 Å². The molecule has 0 aromatic carbocycles. The number of amides is 1. The van der Waals surface area contributed by atoms with E-state index in [1.54, 1.807) is 0 Å². The van der Waals surface area contributed by atoms with Crippen LogP contribution in [0.25, 0.3) is 0 Å². The van der Waals surface area contributed by atoms with Crippen molar-refractivity contribution in [3.63, 3.8) is 0 Å². The van der Waals surface area contributed by atoms with Crippen molar-refractivity contribution in [3.8, 4) is 0 Å². The molecule has 2 aliphatic rings. The third-order valence-electron chi connectivity index (χ3n) is 2.08. The Balaban J connectivity index is 2.05. The summed E-state index contributed by atoms with van der Waals surface area (Å²) in [6.07, 6.45) is 0. The summed E-state index contributed by atoms with van der Waals surface area (Å²) in [5.74, 6) is 0.101. The number of fused-ring (bicyclic) bond motifs is 1. The summed E-state index contributed by atoms with van der Waals surface area (Å²) in [4.78, 5) is 13.0. The van der Waals surface area contributed by atoms with Gasteiger partial charge in [-0.05, 0) is 0 Å². The summed E-state index contributed by atoms with van der Waals surface area (Å²) in [6.45, 7) is 2.91. The molecule has 0 aliphatic carbocycles. The van der Waals surface area contributed by atoms with E-state index in [-0.39, 0.29) is 18.6 Å². The molecular formula is C7H11NO3. The Morgan fingerprint density at radius 3 is 3.00 bits per heavy atom. The minimum absolute atomic E-state index is 0.101. The summed E-state index contributed by atoms with van der Waals surface area (Å²) in [7, 11) is 0. The van der Waals surface area contributed by atoms with Crippen molar-refractivity contribution in [2.24, 2.45) is 0 Å². The van der Waals surface area contributed by atoms with Gasteiger partial charge in [-0.1, -0.05) is 0 Å². The lowest BCUT2D eigenvalue weighted by Gasteiger charge is -2.38. The van der Waals surface area contributed by atoms with E-state index < -0.39 is 0 Å². The highest BCUT2D eigenvalue weighted by molar-refractivity contribution is 5.78. The maximum atomic E-state index is 11.2. The number of ether oxygens (including phenoxy) is 2. The lowest BCUT2D eigenvalue weighted by molar-refractivity contribution is -0.158. The molecule has 1 atom stereocenters. The van der Waals surface area contributed by atoms with E-state index in [2.05, 4.69) is 0 Å². The Labute approximate surface area is 65.1 Å². The Kier molecular flexibility index (Phi) is 1.79. The van der Waals surface area contributed by atoms with Gasteiger partial charge in [0.1, 0.15) is 6.61 Å². The van der Waals surface area contributed by atoms with Crippen molar-refractivity contribution >= 4 is 5.91 Å². The molecule has 0 aromatic rings. The monoisotopic (exact) mass is 157 g/mol. The third-order valence-corrected chi connectivity index (χ3v) is 2.08. The molecule has 1 unspecified atom stereocenters. The van der Waals surface area contributed by atoms with Crippen LogP contribution >= 0.6 is 0 Å². The number of carbonyl (C=O) groups excluding carboxylic acids is 1. The Morgan fingerprint density at radius 2 is 2.18 bits per heavy atom. The molecule has 2 heterocycles. The van der Waals surface area contributed by atoms with E-state index in [4.69, 9.17) is 9.47 Å². The van der Waals surface area contributed by atoms with Crippen LogP contribution in [0.1, 0.15) is 0 Å². The molecule has 4 heteroatoms. The molecule has 2 aliphatic heterocycles. The van der Waals surface area contributed by atoms with E-state index in [0.29, 0.717) is 19.8 Å². The maximum absolute atomic E-state index is 11.2. The van der Waals surface area contributed by atoms with Crippen LogP contribution in [0.3, 0.4) is 0 Å². The molecule has 0 N–H and O–H groups in total. The maximum Gasteiger partial charge on any atom is 0.249 e. The van der Waals surface area contributed by atoms with Gasteiger partial charge in [-0.3, -0.25) is 4.79 Å². The summed E-state index contributed by atoms with van der Waals surface area (Å²) < 4.78 is 10.3. The second kappa shape index (κ2) is 2.79. The van der Waals surface area contributed by atoms with Gasteiger partial charge in [0.15, 0.2) is 0 Å². The van der Waals surface area contributed by atoms with E-state index in [0.717, 1.165) is 6.54 Å². The Bertz CT molecular complexity index is 169. The number of carbonyl (C=O) groups is 1. The van der Waals surface area contributed by atoms with Crippen molar-refractivity contribution in [1.82, 2.24) is 4.90 Å². The van der Waals surface area contributed by atoms with Gasteiger partial charge < -0.3 is 14.4 Å². The molecule has 0 bridgehead atoms. The van der Waals surface area contributed by atoms with Crippen LogP contribution in [-0.2, 0) is 14.3 Å². The van der Waals surface area contributed by atoms with Crippen molar-refractivity contribution in [1.29, 1.82) is 0 Å². The molecular weight excluding hydrogens is 146 g/mol. The minimum atomic E-state index is 0.101. The highest BCUT2D eigenvalue weighted by atomic mass is 16.5. The van der Waals surface area contributed by atoms with Crippen LogP contribution < -0.4 is 0 Å². The first kappa shape index (κ1) is 7.06. The zero-order valence-electron chi connectivity index (χ0n) is 6.28. The fourth-order valence-corrected chi connectivity index (χ4v) is 1.49. The van der Waals surface area contributed by atoms with E-state index in [1.165, 1.54) is 0 Å². The molecule has 1 amide bonds. The molecule has 0 spiro atoms. The zero-order chi connectivity index (χ0) is 7.68. The topological polar surface area (TPSA) is 38.8 Å². The van der Waals surface area contributed by atoms with Gasteiger partial charge in [-0.25, -0.2) is 0 Å². The van der Waals surface area contributed by atoms with Crippen LogP contribution in [0.4, 0.5) is 0 Å². The fourth-order valence-electron chi connectivity index (χ4n) is 1.49. The third kappa shape index (κ3) is 1.23.